The molecule has 1 aliphatic carbocycles. The van der Waals surface area contributed by atoms with Crippen molar-refractivity contribution in [2.75, 3.05) is 4.90 Å². The maximum atomic E-state index is 2.46. The second-order valence-electron chi connectivity index (χ2n) is 17.6. The van der Waals surface area contributed by atoms with Gasteiger partial charge in [-0.3, -0.25) is 0 Å². The minimum Gasteiger partial charge on any atom is -0.310 e. The van der Waals surface area contributed by atoms with Crippen LogP contribution >= 0.6 is 0 Å². The summed E-state index contributed by atoms with van der Waals surface area (Å²) in [5.41, 5.74) is 18.8. The summed E-state index contributed by atoms with van der Waals surface area (Å²) in [4.78, 5) is 2.45. The molecule has 0 saturated heterocycles. The average molecular weight is 853 g/mol. The van der Waals surface area contributed by atoms with Gasteiger partial charge >= 0.3 is 0 Å². The number of rotatable bonds is 8. The van der Waals surface area contributed by atoms with Crippen LogP contribution in [-0.4, -0.2) is 4.57 Å². The Labute approximate surface area is 390 Å². The highest BCUT2D eigenvalue weighted by molar-refractivity contribution is 6.10. The van der Waals surface area contributed by atoms with Gasteiger partial charge in [0.15, 0.2) is 0 Å². The van der Waals surface area contributed by atoms with Crippen LogP contribution in [0.1, 0.15) is 22.3 Å². The van der Waals surface area contributed by atoms with Crippen molar-refractivity contribution in [3.63, 3.8) is 0 Å². The fraction of sp³-hybridized carbons (Fsp3) is 0.0154. The van der Waals surface area contributed by atoms with Gasteiger partial charge in [0.1, 0.15) is 0 Å². The van der Waals surface area contributed by atoms with E-state index in [4.69, 9.17) is 0 Å². The molecular formula is C65H44N2. The van der Waals surface area contributed by atoms with E-state index < -0.39 is 5.41 Å². The van der Waals surface area contributed by atoms with Crippen molar-refractivity contribution in [3.8, 4) is 39.1 Å². The number of nitrogens with zero attached hydrogens (tertiary/aromatic N) is 2. The number of benzene rings is 11. The summed E-state index contributed by atoms with van der Waals surface area (Å²) in [6.45, 7) is 0. The minimum atomic E-state index is -0.507. The molecule has 0 unspecified atom stereocenters. The SMILES string of the molecule is c1ccc(-n2c3ccccc3c3cc(-c4cccc(-c5ccc(N(c6ccc7c(c6)C(c6ccccc6)(c6ccccc6)c6ccccc6-7)c6cccc7ccccc67)cc5)c4)ccc32)cc1. The van der Waals surface area contributed by atoms with Crippen molar-refractivity contribution >= 4 is 49.6 Å². The van der Waals surface area contributed by atoms with Gasteiger partial charge in [0.25, 0.3) is 0 Å². The number of fused-ring (bicyclic) bond motifs is 7. The first-order chi connectivity index (χ1) is 33.2. The van der Waals surface area contributed by atoms with Crippen LogP contribution < -0.4 is 4.90 Å². The Morgan fingerprint density at radius 1 is 0.313 bits per heavy atom. The molecule has 0 amide bonds. The first-order valence-corrected chi connectivity index (χ1v) is 23.2. The molecule has 11 aromatic carbocycles. The van der Waals surface area contributed by atoms with Crippen molar-refractivity contribution in [2.24, 2.45) is 0 Å². The summed E-state index contributed by atoms with van der Waals surface area (Å²) in [5, 5.41) is 4.91. The van der Waals surface area contributed by atoms with Crippen molar-refractivity contribution in [1.29, 1.82) is 0 Å². The lowest BCUT2D eigenvalue weighted by Gasteiger charge is -2.35. The average Bonchev–Trinajstić information content (AvgIpc) is 3.90. The lowest BCUT2D eigenvalue weighted by atomic mass is 9.67. The summed E-state index contributed by atoms with van der Waals surface area (Å²) in [7, 11) is 0. The molecule has 0 bridgehead atoms. The molecule has 0 aliphatic heterocycles. The molecule has 0 radical (unpaired) electrons. The number of para-hydroxylation sites is 2. The Kier molecular flexibility index (Phi) is 9.11. The maximum Gasteiger partial charge on any atom is 0.0714 e. The van der Waals surface area contributed by atoms with Gasteiger partial charge < -0.3 is 9.47 Å². The van der Waals surface area contributed by atoms with Crippen molar-refractivity contribution in [3.05, 3.63) is 289 Å². The van der Waals surface area contributed by atoms with Gasteiger partial charge in [-0.15, -0.1) is 0 Å². The van der Waals surface area contributed by atoms with Crippen LogP contribution in [-0.2, 0) is 5.41 Å². The highest BCUT2D eigenvalue weighted by Crippen LogP contribution is 2.57. The van der Waals surface area contributed by atoms with E-state index in [0.29, 0.717) is 0 Å². The van der Waals surface area contributed by atoms with E-state index >= 15 is 0 Å². The molecule has 1 heterocycles. The Hall–Kier alpha value is -8.72. The molecule has 12 aromatic rings. The van der Waals surface area contributed by atoms with Crippen LogP contribution in [0.3, 0.4) is 0 Å². The number of aromatic nitrogens is 1. The third-order valence-corrected chi connectivity index (χ3v) is 14.0. The quantitative estimate of drug-likeness (QED) is 0.148. The summed E-state index contributed by atoms with van der Waals surface area (Å²) in [6, 6.07) is 98.0. The second kappa shape index (κ2) is 15.8. The topological polar surface area (TPSA) is 8.17 Å². The van der Waals surface area contributed by atoms with Crippen molar-refractivity contribution in [1.82, 2.24) is 4.57 Å². The van der Waals surface area contributed by atoms with Crippen LogP contribution in [0.4, 0.5) is 17.1 Å². The van der Waals surface area contributed by atoms with E-state index in [-0.39, 0.29) is 0 Å². The summed E-state index contributed by atoms with van der Waals surface area (Å²) >= 11 is 0. The normalized spacial score (nSPS) is 12.6. The Morgan fingerprint density at radius 3 is 1.64 bits per heavy atom. The maximum absolute atomic E-state index is 2.46. The van der Waals surface area contributed by atoms with E-state index in [9.17, 15) is 0 Å². The van der Waals surface area contributed by atoms with Gasteiger partial charge in [-0.1, -0.05) is 200 Å². The molecule has 0 saturated carbocycles. The highest BCUT2D eigenvalue weighted by Gasteiger charge is 2.46. The third-order valence-electron chi connectivity index (χ3n) is 14.0. The number of hydrogen-bond donors (Lipinski definition) is 0. The highest BCUT2D eigenvalue weighted by atomic mass is 15.1. The van der Waals surface area contributed by atoms with Gasteiger partial charge in [-0.2, -0.15) is 0 Å². The van der Waals surface area contributed by atoms with Crippen LogP contribution in [0.15, 0.2) is 267 Å². The fourth-order valence-electron chi connectivity index (χ4n) is 11.1. The molecule has 0 N–H and O–H groups in total. The molecule has 2 heteroatoms. The number of hydrogen-bond acceptors (Lipinski definition) is 1. The van der Waals surface area contributed by atoms with E-state index in [2.05, 4.69) is 276 Å². The van der Waals surface area contributed by atoms with Gasteiger partial charge in [-0.25, -0.2) is 0 Å². The molecule has 0 fully saturated rings. The smallest absolute Gasteiger partial charge is 0.0714 e. The zero-order chi connectivity index (χ0) is 44.3. The molecular weight excluding hydrogens is 809 g/mol. The monoisotopic (exact) mass is 852 g/mol. The zero-order valence-corrected chi connectivity index (χ0v) is 36.8. The van der Waals surface area contributed by atoms with Gasteiger partial charge in [0, 0.05) is 33.2 Å². The predicted molar refractivity (Wildman–Crippen MR) is 281 cm³/mol. The molecule has 2 nitrogen and oxygen atoms in total. The van der Waals surface area contributed by atoms with Crippen LogP contribution in [0.25, 0.3) is 71.6 Å². The Morgan fingerprint density at radius 2 is 0.866 bits per heavy atom. The van der Waals surface area contributed by atoms with Crippen molar-refractivity contribution < 1.29 is 0 Å². The standard InChI is InChI=1S/C65H44N2/c1-4-22-50(23-5-1)65(51-24-6-2-7-25-51)60-31-14-12-29-56(60)57-40-39-54(44-61(57)65)66(62-33-17-19-46-18-10-11-28-55(46)62)53-37-34-45(35-38-53)47-20-16-21-48(42-47)49-36-41-64-59(43-49)58-30-13-15-32-63(58)67(64)52-26-8-3-9-27-52/h1-44H. The van der Waals surface area contributed by atoms with E-state index in [1.807, 2.05) is 0 Å². The lowest BCUT2D eigenvalue weighted by Crippen LogP contribution is -2.28. The Balaban J connectivity index is 0.936. The zero-order valence-electron chi connectivity index (χ0n) is 36.8. The molecule has 1 aliphatic rings. The molecule has 67 heavy (non-hydrogen) atoms. The second-order valence-corrected chi connectivity index (χ2v) is 17.6. The number of anilines is 3. The summed E-state index contributed by atoms with van der Waals surface area (Å²) in [6.07, 6.45) is 0. The molecule has 0 atom stereocenters. The third kappa shape index (κ3) is 6.18. The van der Waals surface area contributed by atoms with Crippen LogP contribution in [0.2, 0.25) is 0 Å². The van der Waals surface area contributed by atoms with Crippen LogP contribution in [0.5, 0.6) is 0 Å². The first-order valence-electron chi connectivity index (χ1n) is 23.2. The van der Waals surface area contributed by atoms with Gasteiger partial charge in [0.2, 0.25) is 0 Å². The van der Waals surface area contributed by atoms with E-state index in [1.54, 1.807) is 0 Å². The largest absolute Gasteiger partial charge is 0.310 e. The summed E-state index contributed by atoms with van der Waals surface area (Å²) < 4.78 is 2.37. The summed E-state index contributed by atoms with van der Waals surface area (Å²) in [5.74, 6) is 0. The lowest BCUT2D eigenvalue weighted by molar-refractivity contribution is 0.768. The van der Waals surface area contributed by atoms with E-state index in [0.717, 1.165) is 17.1 Å². The van der Waals surface area contributed by atoms with Gasteiger partial charge in [0.05, 0.1) is 22.1 Å². The predicted octanol–water partition coefficient (Wildman–Crippen LogP) is 17.1. The minimum absolute atomic E-state index is 0.507. The fourth-order valence-corrected chi connectivity index (χ4v) is 11.1. The molecule has 1 aromatic heterocycles. The van der Waals surface area contributed by atoms with Crippen LogP contribution in [0, 0.1) is 0 Å². The molecule has 0 spiro atoms. The first kappa shape index (κ1) is 38.7. The van der Waals surface area contributed by atoms with Crippen molar-refractivity contribution in [2.45, 2.75) is 5.41 Å². The Bertz CT molecular complexity index is 3750. The van der Waals surface area contributed by atoms with Gasteiger partial charge in [-0.05, 0) is 128 Å². The molecule has 314 valence electrons. The van der Waals surface area contributed by atoms with E-state index in [1.165, 1.54) is 93.9 Å². The molecule has 13 rings (SSSR count).